The van der Waals surface area contributed by atoms with Crippen LogP contribution in [0.3, 0.4) is 0 Å². The summed E-state index contributed by atoms with van der Waals surface area (Å²) in [7, 11) is 0. The van der Waals surface area contributed by atoms with Gasteiger partial charge in [0, 0.05) is 5.02 Å². The van der Waals surface area contributed by atoms with Crippen LogP contribution in [-0.4, -0.2) is 24.2 Å². The minimum atomic E-state index is -0.778. The third-order valence-electron chi connectivity index (χ3n) is 5.38. The van der Waals surface area contributed by atoms with Crippen molar-refractivity contribution in [3.8, 4) is 17.2 Å². The molecule has 1 amide bonds. The van der Waals surface area contributed by atoms with E-state index in [1.165, 1.54) is 18.3 Å². The lowest BCUT2D eigenvalue weighted by Crippen LogP contribution is -2.33. The lowest BCUT2D eigenvalue weighted by molar-refractivity contribution is -0.127. The lowest BCUT2D eigenvalue weighted by atomic mass is 10.2. The number of halogens is 2. The van der Waals surface area contributed by atoms with E-state index in [9.17, 15) is 9.59 Å². The summed E-state index contributed by atoms with van der Waals surface area (Å²) < 4.78 is 16.8. The van der Waals surface area contributed by atoms with E-state index in [1.807, 2.05) is 30.3 Å². The van der Waals surface area contributed by atoms with Crippen molar-refractivity contribution >= 4 is 41.3 Å². The second-order valence-electron chi connectivity index (χ2n) is 8.32. The molecular formula is C30H24Cl2N2O5. The van der Waals surface area contributed by atoms with Crippen LogP contribution >= 0.6 is 23.2 Å². The molecule has 39 heavy (non-hydrogen) atoms. The zero-order chi connectivity index (χ0) is 27.6. The molecule has 198 valence electrons. The van der Waals surface area contributed by atoms with Gasteiger partial charge in [-0.15, -0.1) is 0 Å². The fraction of sp³-hybridized carbons (Fsp3) is 0.100. The van der Waals surface area contributed by atoms with Gasteiger partial charge in [-0.1, -0.05) is 53.5 Å². The molecule has 0 aliphatic carbocycles. The summed E-state index contributed by atoms with van der Waals surface area (Å²) in [5.41, 5.74) is 4.41. The van der Waals surface area contributed by atoms with Gasteiger partial charge >= 0.3 is 5.97 Å². The van der Waals surface area contributed by atoms with Gasteiger partial charge < -0.3 is 14.2 Å². The summed E-state index contributed by atoms with van der Waals surface area (Å²) in [6.07, 6.45) is 0.685. The molecule has 4 rings (SSSR count). The van der Waals surface area contributed by atoms with E-state index in [4.69, 9.17) is 37.4 Å². The number of benzene rings is 4. The van der Waals surface area contributed by atoms with Crippen molar-refractivity contribution in [1.29, 1.82) is 0 Å². The Balaban J connectivity index is 1.22. The first-order valence-corrected chi connectivity index (χ1v) is 12.7. The normalized spacial score (nSPS) is 11.6. The zero-order valence-electron chi connectivity index (χ0n) is 20.8. The predicted molar refractivity (Wildman–Crippen MR) is 151 cm³/mol. The molecule has 0 spiro atoms. The molecule has 0 fully saturated rings. The monoisotopic (exact) mass is 562 g/mol. The van der Waals surface area contributed by atoms with Crippen LogP contribution in [0.2, 0.25) is 10.0 Å². The van der Waals surface area contributed by atoms with Crippen LogP contribution < -0.4 is 19.6 Å². The summed E-state index contributed by atoms with van der Waals surface area (Å²) in [5.74, 6) is 0.529. The number of amides is 1. The first-order chi connectivity index (χ1) is 18.9. The van der Waals surface area contributed by atoms with Gasteiger partial charge in [-0.3, -0.25) is 4.79 Å². The van der Waals surface area contributed by atoms with Crippen molar-refractivity contribution < 1.29 is 23.8 Å². The summed E-state index contributed by atoms with van der Waals surface area (Å²) in [6.45, 7) is 2.09. The second kappa shape index (κ2) is 13.5. The molecule has 1 unspecified atom stereocenters. The van der Waals surface area contributed by atoms with Crippen LogP contribution in [0.25, 0.3) is 0 Å². The van der Waals surface area contributed by atoms with E-state index in [0.717, 1.165) is 5.56 Å². The molecule has 0 saturated carbocycles. The summed E-state index contributed by atoms with van der Waals surface area (Å²) in [6, 6.07) is 28.0. The Labute approximate surface area is 235 Å². The van der Waals surface area contributed by atoms with Crippen molar-refractivity contribution in [1.82, 2.24) is 5.43 Å². The molecular weight excluding hydrogens is 539 g/mol. The second-order valence-corrected chi connectivity index (χ2v) is 9.17. The highest BCUT2D eigenvalue weighted by atomic mass is 35.5. The smallest absolute Gasteiger partial charge is 0.345 e. The molecule has 4 aromatic rings. The Hall–Kier alpha value is -4.33. The molecule has 1 N–H and O–H groups in total. The fourth-order valence-electron chi connectivity index (χ4n) is 3.31. The average molecular weight is 563 g/mol. The van der Waals surface area contributed by atoms with E-state index >= 15 is 0 Å². The number of carbonyl (C=O) groups excluding carboxylic acids is 2. The summed E-state index contributed by atoms with van der Waals surface area (Å²) in [5, 5.41) is 4.59. The van der Waals surface area contributed by atoms with Crippen LogP contribution in [0, 0.1) is 0 Å². The van der Waals surface area contributed by atoms with Gasteiger partial charge in [-0.05, 0) is 84.8 Å². The van der Waals surface area contributed by atoms with Crippen molar-refractivity contribution in [2.24, 2.45) is 5.10 Å². The summed E-state index contributed by atoms with van der Waals surface area (Å²) >= 11 is 11.9. The molecule has 4 aromatic carbocycles. The number of carbonyl (C=O) groups is 2. The Morgan fingerprint density at radius 1 is 0.872 bits per heavy atom. The topological polar surface area (TPSA) is 86.2 Å². The SMILES string of the molecule is CC(Oc1ccc(OCc2ccccc2)cc1)C(=O)N/N=C/c1ccc(OC(=O)c2ccc(Cl)cc2Cl)cc1. The lowest BCUT2D eigenvalue weighted by Gasteiger charge is -2.13. The van der Waals surface area contributed by atoms with Gasteiger partial charge in [0.2, 0.25) is 0 Å². The number of nitrogens with zero attached hydrogens (tertiary/aromatic N) is 1. The minimum Gasteiger partial charge on any atom is -0.489 e. The number of hydrogen-bond acceptors (Lipinski definition) is 6. The van der Waals surface area contributed by atoms with Gasteiger partial charge in [0.05, 0.1) is 16.8 Å². The summed E-state index contributed by atoms with van der Waals surface area (Å²) in [4.78, 5) is 24.7. The third-order valence-corrected chi connectivity index (χ3v) is 5.93. The molecule has 0 aromatic heterocycles. The molecule has 0 radical (unpaired) electrons. The fourth-order valence-corrected chi connectivity index (χ4v) is 3.80. The zero-order valence-corrected chi connectivity index (χ0v) is 22.4. The predicted octanol–water partition coefficient (Wildman–Crippen LogP) is 6.71. The van der Waals surface area contributed by atoms with Crippen molar-refractivity contribution in [3.05, 3.63) is 124 Å². The molecule has 0 aliphatic rings. The van der Waals surface area contributed by atoms with E-state index < -0.39 is 18.0 Å². The van der Waals surface area contributed by atoms with Crippen LogP contribution in [0.5, 0.6) is 17.2 Å². The van der Waals surface area contributed by atoms with Gasteiger partial charge in [-0.25, -0.2) is 10.2 Å². The quantitative estimate of drug-likeness (QED) is 0.100. The number of esters is 1. The highest BCUT2D eigenvalue weighted by molar-refractivity contribution is 6.36. The van der Waals surface area contributed by atoms with Crippen LogP contribution in [0.4, 0.5) is 0 Å². The molecule has 9 heteroatoms. The van der Waals surface area contributed by atoms with E-state index in [0.29, 0.717) is 34.4 Å². The standard InChI is InChI=1S/C30H24Cl2N2O5/c1-20(38-25-14-12-24(13-15-25)37-19-22-5-3-2-4-6-22)29(35)34-33-18-21-7-10-26(11-8-21)39-30(36)27-16-9-23(31)17-28(27)32/h2-18,20H,19H2,1H3,(H,34,35)/b33-18+. The maximum atomic E-state index is 12.4. The van der Waals surface area contributed by atoms with Crippen molar-refractivity contribution in [3.63, 3.8) is 0 Å². The van der Waals surface area contributed by atoms with Crippen LogP contribution in [0.15, 0.2) is 102 Å². The van der Waals surface area contributed by atoms with Gasteiger partial charge in [0.15, 0.2) is 6.10 Å². The van der Waals surface area contributed by atoms with Crippen molar-refractivity contribution in [2.45, 2.75) is 19.6 Å². The third kappa shape index (κ3) is 8.33. The van der Waals surface area contributed by atoms with Crippen molar-refractivity contribution in [2.75, 3.05) is 0 Å². The van der Waals surface area contributed by atoms with Gasteiger partial charge in [0.1, 0.15) is 23.9 Å². The number of hydrogen-bond donors (Lipinski definition) is 1. The number of rotatable bonds is 10. The number of hydrazone groups is 1. The molecule has 0 bridgehead atoms. The molecule has 0 aliphatic heterocycles. The van der Waals surface area contributed by atoms with Gasteiger partial charge in [0.25, 0.3) is 5.91 Å². The molecule has 1 atom stereocenters. The largest absolute Gasteiger partial charge is 0.489 e. The van der Waals surface area contributed by atoms with Crippen LogP contribution in [-0.2, 0) is 11.4 Å². The first-order valence-electron chi connectivity index (χ1n) is 11.9. The molecule has 7 nitrogen and oxygen atoms in total. The maximum Gasteiger partial charge on any atom is 0.345 e. The maximum absolute atomic E-state index is 12.4. The Morgan fingerprint density at radius 3 is 2.23 bits per heavy atom. The highest BCUT2D eigenvalue weighted by Gasteiger charge is 2.15. The van der Waals surface area contributed by atoms with E-state index in [1.54, 1.807) is 61.5 Å². The number of nitrogens with one attached hydrogen (secondary N) is 1. The Bertz CT molecular complexity index is 1440. The van der Waals surface area contributed by atoms with E-state index in [-0.39, 0.29) is 10.6 Å². The molecule has 0 saturated heterocycles. The average Bonchev–Trinajstić information content (AvgIpc) is 2.94. The highest BCUT2D eigenvalue weighted by Crippen LogP contribution is 2.23. The van der Waals surface area contributed by atoms with Crippen LogP contribution in [0.1, 0.15) is 28.4 Å². The van der Waals surface area contributed by atoms with Gasteiger partial charge in [-0.2, -0.15) is 5.10 Å². The minimum absolute atomic E-state index is 0.204. The number of ether oxygens (including phenoxy) is 3. The first kappa shape index (κ1) is 27.7. The van der Waals surface area contributed by atoms with E-state index in [2.05, 4.69) is 10.5 Å². The Kier molecular flexibility index (Phi) is 9.56. The molecule has 0 heterocycles. The Morgan fingerprint density at radius 2 is 1.54 bits per heavy atom.